The van der Waals surface area contributed by atoms with Gasteiger partial charge in [0.2, 0.25) is 10.0 Å². The summed E-state index contributed by atoms with van der Waals surface area (Å²) in [5.41, 5.74) is 3.25. The summed E-state index contributed by atoms with van der Waals surface area (Å²) in [6.45, 7) is 1.84. The van der Waals surface area contributed by atoms with Crippen molar-refractivity contribution in [2.45, 2.75) is 61.7 Å². The second kappa shape index (κ2) is 11.8. The van der Waals surface area contributed by atoms with Gasteiger partial charge in [0.25, 0.3) is 5.91 Å². The largest absolute Gasteiger partial charge is 0.490 e. The fourth-order valence-electron chi connectivity index (χ4n) is 7.26. The van der Waals surface area contributed by atoms with Gasteiger partial charge in [-0.25, -0.2) is 13.1 Å². The molecular weight excluding hydrogens is 576 g/mol. The van der Waals surface area contributed by atoms with Crippen LogP contribution in [-0.4, -0.2) is 64.2 Å². The molecule has 226 valence electrons. The van der Waals surface area contributed by atoms with Crippen molar-refractivity contribution in [1.82, 2.24) is 4.72 Å². The third-order valence-corrected chi connectivity index (χ3v) is 11.6. The summed E-state index contributed by atoms with van der Waals surface area (Å²) < 4.78 is 40.4. The molecule has 2 heterocycles. The Hall–Kier alpha value is -2.59. The molecule has 2 aromatic rings. The zero-order chi connectivity index (χ0) is 29.5. The van der Waals surface area contributed by atoms with Crippen molar-refractivity contribution in [1.29, 1.82) is 0 Å². The Balaban J connectivity index is 1.41. The minimum Gasteiger partial charge on any atom is -0.490 e. The van der Waals surface area contributed by atoms with E-state index in [0.717, 1.165) is 42.8 Å². The molecule has 4 aliphatic rings. The van der Waals surface area contributed by atoms with E-state index in [-0.39, 0.29) is 35.8 Å². The molecule has 10 heteroatoms. The number of aliphatic hydroxyl groups is 1. The number of nitrogens with zero attached hydrogens (tertiary/aromatic N) is 1. The van der Waals surface area contributed by atoms with Gasteiger partial charge in [0.05, 0.1) is 25.0 Å². The molecule has 42 heavy (non-hydrogen) atoms. The van der Waals surface area contributed by atoms with E-state index in [1.54, 1.807) is 24.3 Å². The van der Waals surface area contributed by atoms with Crippen LogP contribution in [0.5, 0.6) is 5.75 Å². The molecule has 1 saturated carbocycles. The van der Waals surface area contributed by atoms with Gasteiger partial charge in [0.1, 0.15) is 11.0 Å². The van der Waals surface area contributed by atoms with Gasteiger partial charge >= 0.3 is 0 Å². The molecule has 1 fully saturated rings. The van der Waals surface area contributed by atoms with Gasteiger partial charge in [-0.05, 0) is 98.2 Å². The van der Waals surface area contributed by atoms with Gasteiger partial charge in [0.15, 0.2) is 0 Å². The van der Waals surface area contributed by atoms with Crippen LogP contribution in [0.3, 0.4) is 0 Å². The van der Waals surface area contributed by atoms with Gasteiger partial charge in [-0.1, -0.05) is 29.8 Å². The maximum atomic E-state index is 13.4. The van der Waals surface area contributed by atoms with Crippen LogP contribution in [-0.2, 0) is 26.6 Å². The molecule has 0 unspecified atom stereocenters. The van der Waals surface area contributed by atoms with Crippen molar-refractivity contribution >= 4 is 33.2 Å². The zero-order valence-electron chi connectivity index (χ0n) is 23.9. The van der Waals surface area contributed by atoms with Crippen LogP contribution in [0.2, 0.25) is 5.02 Å². The molecule has 8 nitrogen and oxygen atoms in total. The van der Waals surface area contributed by atoms with Gasteiger partial charge in [-0.15, -0.1) is 0 Å². The van der Waals surface area contributed by atoms with E-state index in [1.807, 2.05) is 12.1 Å². The van der Waals surface area contributed by atoms with E-state index in [4.69, 9.17) is 21.1 Å². The lowest BCUT2D eigenvalue weighted by Gasteiger charge is -2.45. The molecule has 2 bridgehead atoms. The van der Waals surface area contributed by atoms with Crippen LogP contribution in [0.25, 0.3) is 0 Å². The molecule has 0 aromatic heterocycles. The van der Waals surface area contributed by atoms with Gasteiger partial charge < -0.3 is 19.5 Å². The smallest absolute Gasteiger partial charge is 0.264 e. The summed E-state index contributed by atoms with van der Waals surface area (Å²) in [6, 6.07) is 11.3. The summed E-state index contributed by atoms with van der Waals surface area (Å²) in [5, 5.41) is 10.9. The Morgan fingerprint density at radius 1 is 1.19 bits per heavy atom. The number of methoxy groups -OCH3 is 1. The van der Waals surface area contributed by atoms with Crippen LogP contribution in [0, 0.1) is 11.8 Å². The third kappa shape index (κ3) is 5.68. The van der Waals surface area contributed by atoms with Crippen LogP contribution in [0.1, 0.15) is 60.0 Å². The predicted molar refractivity (Wildman–Crippen MR) is 163 cm³/mol. The number of carbonyl (C=O) groups is 1. The van der Waals surface area contributed by atoms with E-state index in [1.165, 1.54) is 18.2 Å². The minimum absolute atomic E-state index is 0.0374. The Kier molecular flexibility index (Phi) is 8.30. The molecule has 2 aliphatic carbocycles. The molecule has 2 aliphatic heterocycles. The molecule has 2 N–H and O–H groups in total. The topological polar surface area (TPSA) is 105 Å². The lowest BCUT2D eigenvalue weighted by atomic mass is 9.68. The second-order valence-corrected chi connectivity index (χ2v) is 14.7. The number of aryl methyl sites for hydroxylation is 1. The average molecular weight is 615 g/mol. The number of hydrogen-bond donors (Lipinski definition) is 2. The predicted octanol–water partition coefficient (Wildman–Crippen LogP) is 4.62. The first-order chi connectivity index (χ1) is 20.2. The van der Waals surface area contributed by atoms with Crippen LogP contribution < -0.4 is 14.4 Å². The van der Waals surface area contributed by atoms with Crippen molar-refractivity contribution in [3.8, 4) is 5.75 Å². The lowest BCUT2D eigenvalue weighted by molar-refractivity contribution is 0.0456. The molecule has 2 aromatic carbocycles. The van der Waals surface area contributed by atoms with Gasteiger partial charge in [-0.3, -0.25) is 4.79 Å². The standard InChI is InChI=1S/C32H39ClN2O6S/c1-40-18-25-6-2-3-7-29(36)26-11-8-23(26)17-35-19-32(14-4-5-21-15-24(33)10-12-27(21)32)20-41-30-13-9-22(16-28(30)35)31(37)34-42(25,38)39/h3,7,9-10,12-13,15-16,23,25-26,29,36H,2,4-6,8,11,14,17-20H2,1H3,(H,34,37)/b7-3-/t23-,25+,26+,29-,32-/m0/s1. The minimum atomic E-state index is -4.01. The molecule has 1 amide bonds. The summed E-state index contributed by atoms with van der Waals surface area (Å²) in [5.74, 6) is 0.380. The first-order valence-electron chi connectivity index (χ1n) is 14.9. The molecular formula is C32H39ClN2O6S. The van der Waals surface area contributed by atoms with Gasteiger partial charge in [0, 0.05) is 36.2 Å². The SMILES string of the molecule is COC[C@H]1CC/C=C\[C@H](O)[C@@H]2CC[C@H]2CN2C[C@@]3(CCCc4cc(Cl)ccc43)COc3ccc(cc32)C(=O)NS1(=O)=O. The fourth-order valence-corrected chi connectivity index (χ4v) is 8.75. The van der Waals surface area contributed by atoms with E-state index in [9.17, 15) is 18.3 Å². The molecule has 0 saturated heterocycles. The number of rotatable bonds is 2. The van der Waals surface area contributed by atoms with E-state index < -0.39 is 27.3 Å². The maximum absolute atomic E-state index is 13.4. The number of fused-ring (bicyclic) bond motifs is 4. The quantitative estimate of drug-likeness (QED) is 0.476. The van der Waals surface area contributed by atoms with E-state index in [2.05, 4.69) is 21.8 Å². The first-order valence-corrected chi connectivity index (χ1v) is 16.8. The van der Waals surface area contributed by atoms with Crippen LogP contribution >= 0.6 is 11.6 Å². The number of benzene rings is 2. The number of aliphatic hydroxyl groups excluding tert-OH is 1. The Bertz CT molecular complexity index is 1480. The summed E-state index contributed by atoms with van der Waals surface area (Å²) in [7, 11) is -2.57. The lowest BCUT2D eigenvalue weighted by Crippen LogP contribution is -2.49. The maximum Gasteiger partial charge on any atom is 0.264 e. The number of nitrogens with one attached hydrogen (secondary N) is 1. The van der Waals surface area contributed by atoms with Crippen molar-refractivity contribution in [2.24, 2.45) is 11.8 Å². The summed E-state index contributed by atoms with van der Waals surface area (Å²) in [6.07, 6.45) is 8.66. The summed E-state index contributed by atoms with van der Waals surface area (Å²) in [4.78, 5) is 15.7. The molecule has 0 radical (unpaired) electrons. The highest BCUT2D eigenvalue weighted by atomic mass is 35.5. The average Bonchev–Trinajstić information content (AvgIpc) is 3.09. The van der Waals surface area contributed by atoms with Gasteiger partial charge in [-0.2, -0.15) is 0 Å². The first kappa shape index (κ1) is 29.5. The highest BCUT2D eigenvalue weighted by Crippen LogP contribution is 2.46. The number of anilines is 1. The number of ether oxygens (including phenoxy) is 2. The Morgan fingerprint density at radius 2 is 2.05 bits per heavy atom. The summed E-state index contributed by atoms with van der Waals surface area (Å²) >= 11 is 6.38. The normalized spacial score (nSPS) is 31.5. The number of allylic oxidation sites excluding steroid dienone is 1. The Labute approximate surface area is 253 Å². The van der Waals surface area contributed by atoms with E-state index in [0.29, 0.717) is 31.9 Å². The van der Waals surface area contributed by atoms with Crippen LogP contribution in [0.15, 0.2) is 48.6 Å². The number of halogens is 1. The number of sulfonamides is 1. The molecule has 5 atom stereocenters. The highest BCUT2D eigenvalue weighted by molar-refractivity contribution is 7.90. The molecule has 1 spiro atoms. The zero-order valence-corrected chi connectivity index (χ0v) is 25.5. The van der Waals surface area contributed by atoms with Crippen molar-refractivity contribution in [2.75, 3.05) is 38.3 Å². The third-order valence-electron chi connectivity index (χ3n) is 9.68. The van der Waals surface area contributed by atoms with Crippen molar-refractivity contribution < 1.29 is 27.8 Å². The fraction of sp³-hybridized carbons (Fsp3) is 0.531. The Morgan fingerprint density at radius 3 is 2.83 bits per heavy atom. The van der Waals surface area contributed by atoms with Crippen LogP contribution in [0.4, 0.5) is 5.69 Å². The number of carbonyl (C=O) groups excluding carboxylic acids is 1. The monoisotopic (exact) mass is 614 g/mol. The number of hydrogen-bond acceptors (Lipinski definition) is 7. The highest BCUT2D eigenvalue weighted by Gasteiger charge is 2.44. The van der Waals surface area contributed by atoms with Crippen molar-refractivity contribution in [3.63, 3.8) is 0 Å². The molecule has 6 rings (SSSR count). The van der Waals surface area contributed by atoms with Crippen molar-refractivity contribution in [3.05, 3.63) is 70.3 Å². The second-order valence-electron chi connectivity index (χ2n) is 12.3. The van der Waals surface area contributed by atoms with E-state index >= 15 is 0 Å². The number of amides is 1.